The first-order valence-corrected chi connectivity index (χ1v) is 17.3. The molecule has 0 spiro atoms. The third-order valence-electron chi connectivity index (χ3n) is 11.1. The second kappa shape index (κ2) is 12.2. The highest BCUT2D eigenvalue weighted by Crippen LogP contribution is 2.53. The van der Waals surface area contributed by atoms with Crippen molar-refractivity contribution in [3.05, 3.63) is 48.5 Å². The fraction of sp³-hybridized carbons (Fsp3) is 0.583. The Bertz CT molecular complexity index is 1630. The largest absolute Gasteiger partial charge is 0.357 e. The molecule has 7 rings (SSSR count). The lowest BCUT2D eigenvalue weighted by atomic mass is 9.52. The number of anilines is 2. The summed E-state index contributed by atoms with van der Waals surface area (Å²) >= 11 is 0. The lowest BCUT2D eigenvalue weighted by Crippen LogP contribution is -2.63. The number of carbonyl (C=O) groups is 3. The number of likely N-dealkylation sites (tertiary alicyclic amines) is 1. The lowest BCUT2D eigenvalue weighted by Gasteiger charge is -2.57. The molecule has 11 nitrogen and oxygen atoms in total. The molecule has 4 amide bonds. The Labute approximate surface area is 277 Å². The molecule has 47 heavy (non-hydrogen) atoms. The highest BCUT2D eigenvalue weighted by molar-refractivity contribution is 6.09. The Hall–Kier alpha value is -3.99. The van der Waals surface area contributed by atoms with Crippen LogP contribution in [0.25, 0.3) is 10.9 Å². The summed E-state index contributed by atoms with van der Waals surface area (Å²) in [5.74, 6) is 1.36. The highest BCUT2D eigenvalue weighted by atomic mass is 16.2. The minimum atomic E-state index is -0.381. The van der Waals surface area contributed by atoms with E-state index in [4.69, 9.17) is 4.98 Å². The summed E-state index contributed by atoms with van der Waals surface area (Å²) in [5.41, 5.74) is 2.65. The number of amides is 4. The van der Waals surface area contributed by atoms with Gasteiger partial charge in [-0.15, -0.1) is 0 Å². The van der Waals surface area contributed by atoms with E-state index in [9.17, 15) is 14.4 Å². The van der Waals surface area contributed by atoms with Gasteiger partial charge in [-0.25, -0.2) is 9.78 Å². The smallest absolute Gasteiger partial charge is 0.328 e. The van der Waals surface area contributed by atoms with Crippen LogP contribution < -0.4 is 20.4 Å². The van der Waals surface area contributed by atoms with Gasteiger partial charge in [0.1, 0.15) is 5.82 Å². The molecule has 3 aromatic rings. The van der Waals surface area contributed by atoms with E-state index in [0.717, 1.165) is 87.2 Å². The van der Waals surface area contributed by atoms with Gasteiger partial charge in [-0.3, -0.25) is 24.8 Å². The molecule has 11 heteroatoms. The van der Waals surface area contributed by atoms with Crippen molar-refractivity contribution in [2.24, 2.45) is 16.7 Å². The number of carbonyl (C=O) groups excluding carboxylic acids is 3. The molecular formula is C36H48N8O3. The average molecular weight is 641 g/mol. The third kappa shape index (κ3) is 6.22. The normalized spacial score (nSPS) is 22.7. The zero-order chi connectivity index (χ0) is 32.9. The van der Waals surface area contributed by atoms with Gasteiger partial charge in [-0.2, -0.15) is 0 Å². The van der Waals surface area contributed by atoms with E-state index in [2.05, 4.69) is 69.9 Å². The molecule has 6 heterocycles. The fourth-order valence-electron chi connectivity index (χ4n) is 9.10. The van der Waals surface area contributed by atoms with Crippen molar-refractivity contribution in [1.29, 1.82) is 0 Å². The van der Waals surface area contributed by atoms with Gasteiger partial charge in [0.25, 0.3) is 5.91 Å². The summed E-state index contributed by atoms with van der Waals surface area (Å²) in [4.78, 5) is 52.9. The van der Waals surface area contributed by atoms with Crippen LogP contribution in [0.5, 0.6) is 0 Å². The number of hydrogen-bond acceptors (Lipinski definition) is 7. The Morgan fingerprint density at radius 1 is 0.936 bits per heavy atom. The maximum Gasteiger partial charge on any atom is 0.328 e. The number of nitrogens with zero attached hydrogens (tertiary/aromatic N) is 6. The van der Waals surface area contributed by atoms with Gasteiger partial charge < -0.3 is 19.7 Å². The zero-order valence-electron chi connectivity index (χ0n) is 28.2. The quantitative estimate of drug-likeness (QED) is 0.374. The second-order valence-corrected chi connectivity index (χ2v) is 15.5. The van der Waals surface area contributed by atoms with E-state index in [1.54, 1.807) is 17.3 Å². The van der Waals surface area contributed by atoms with Crippen LogP contribution in [0.3, 0.4) is 0 Å². The highest BCUT2D eigenvalue weighted by Gasteiger charge is 2.53. The van der Waals surface area contributed by atoms with Gasteiger partial charge in [0.05, 0.1) is 29.2 Å². The first-order valence-electron chi connectivity index (χ1n) is 17.3. The number of imide groups is 1. The molecule has 2 N–H and O–H groups in total. The van der Waals surface area contributed by atoms with Gasteiger partial charge in [-0.1, -0.05) is 27.7 Å². The molecule has 3 aromatic heterocycles. The average Bonchev–Trinajstić information content (AvgIpc) is 3.49. The molecule has 1 aliphatic carbocycles. The summed E-state index contributed by atoms with van der Waals surface area (Å²) in [6.45, 7) is 14.5. The van der Waals surface area contributed by atoms with E-state index in [-0.39, 0.29) is 34.7 Å². The van der Waals surface area contributed by atoms with Crippen LogP contribution in [0.4, 0.5) is 16.3 Å². The third-order valence-corrected chi connectivity index (χ3v) is 11.1. The van der Waals surface area contributed by atoms with Crippen LogP contribution in [0.2, 0.25) is 0 Å². The van der Waals surface area contributed by atoms with Crippen LogP contribution in [-0.2, 0) is 4.79 Å². The molecule has 4 fully saturated rings. The van der Waals surface area contributed by atoms with Crippen molar-refractivity contribution in [3.8, 4) is 0 Å². The summed E-state index contributed by atoms with van der Waals surface area (Å²) in [6.07, 6.45) is 13.3. The lowest BCUT2D eigenvalue weighted by molar-refractivity contribution is -0.120. The van der Waals surface area contributed by atoms with E-state index in [0.29, 0.717) is 30.5 Å². The molecule has 0 bridgehead atoms. The summed E-state index contributed by atoms with van der Waals surface area (Å²) in [6, 6.07) is 6.17. The maximum absolute atomic E-state index is 13.0. The molecule has 0 atom stereocenters. The number of nitrogens with one attached hydrogen (secondary N) is 2. The van der Waals surface area contributed by atoms with Crippen molar-refractivity contribution in [2.75, 3.05) is 49.1 Å². The molecule has 4 aliphatic rings. The molecule has 250 valence electrons. The van der Waals surface area contributed by atoms with Crippen molar-refractivity contribution < 1.29 is 14.4 Å². The second-order valence-electron chi connectivity index (χ2n) is 15.5. The molecule has 0 unspecified atom stereocenters. The maximum atomic E-state index is 13.0. The van der Waals surface area contributed by atoms with Crippen LogP contribution in [0.1, 0.15) is 82.6 Å². The van der Waals surface area contributed by atoms with Gasteiger partial charge >= 0.3 is 6.03 Å². The first-order chi connectivity index (χ1) is 22.5. The molecule has 3 saturated heterocycles. The van der Waals surface area contributed by atoms with Gasteiger partial charge in [0.15, 0.2) is 0 Å². The number of hydrogen-bond donors (Lipinski definition) is 2. The minimum Gasteiger partial charge on any atom is -0.357 e. The summed E-state index contributed by atoms with van der Waals surface area (Å²) in [7, 11) is 0. The predicted molar refractivity (Wildman–Crippen MR) is 183 cm³/mol. The predicted octanol–water partition coefficient (Wildman–Crippen LogP) is 4.99. The topological polar surface area (TPSA) is 116 Å². The minimum absolute atomic E-state index is 0.0333. The number of aromatic nitrogens is 3. The van der Waals surface area contributed by atoms with E-state index >= 15 is 0 Å². The summed E-state index contributed by atoms with van der Waals surface area (Å²) in [5, 5.41) is 6.68. The van der Waals surface area contributed by atoms with Gasteiger partial charge in [0, 0.05) is 75.6 Å². The Balaban J connectivity index is 0.886. The number of pyridine rings is 2. The molecule has 3 aliphatic heterocycles. The van der Waals surface area contributed by atoms with Crippen molar-refractivity contribution >= 4 is 40.3 Å². The van der Waals surface area contributed by atoms with Crippen LogP contribution in [0, 0.1) is 16.7 Å². The molecule has 1 saturated carbocycles. The Kier molecular flexibility index (Phi) is 8.22. The standard InChI is InChI=1S/C36H48N8O3/c1-35(2)23-36(3,4)33(35)40-32(46)25-5-6-30(38-19-25)42-15-7-24(8-16-42)22-41-13-9-26(10-14-41)43-17-11-27-28(43)20-37-21-29(27)44-18-12-31(45)39-34(44)47/h5-6,11,17,19-21,24,26,33H,7-10,12-16,18,22-23H2,1-4H3,(H,40,46)(H,39,45,47). The number of urea groups is 1. The first kappa shape index (κ1) is 31.6. The molecular weight excluding hydrogens is 592 g/mol. The molecule has 0 aromatic carbocycles. The fourth-order valence-corrected chi connectivity index (χ4v) is 9.10. The van der Waals surface area contributed by atoms with E-state index in [1.807, 2.05) is 18.3 Å². The van der Waals surface area contributed by atoms with Crippen LogP contribution >= 0.6 is 0 Å². The summed E-state index contributed by atoms with van der Waals surface area (Å²) < 4.78 is 2.32. The number of piperidine rings is 2. The van der Waals surface area contributed by atoms with Gasteiger partial charge in [-0.05, 0) is 67.1 Å². The monoisotopic (exact) mass is 640 g/mol. The van der Waals surface area contributed by atoms with Gasteiger partial charge in [0.2, 0.25) is 5.91 Å². The van der Waals surface area contributed by atoms with Crippen molar-refractivity contribution in [2.45, 2.75) is 78.3 Å². The Morgan fingerprint density at radius 3 is 2.34 bits per heavy atom. The number of rotatable bonds is 7. The van der Waals surface area contributed by atoms with Crippen molar-refractivity contribution in [1.82, 2.24) is 30.1 Å². The number of fused-ring (bicyclic) bond motifs is 1. The molecule has 0 radical (unpaired) electrons. The SMILES string of the molecule is CC1(C)CC(C)(C)C1NC(=O)c1ccc(N2CCC(CN3CCC(n4ccc5c(N6CCC(=O)NC6=O)cncc54)CC3)CC2)nc1. The van der Waals surface area contributed by atoms with E-state index < -0.39 is 0 Å². The Morgan fingerprint density at radius 2 is 1.68 bits per heavy atom. The van der Waals surface area contributed by atoms with Crippen LogP contribution in [0.15, 0.2) is 43.0 Å². The zero-order valence-corrected chi connectivity index (χ0v) is 28.2. The van der Waals surface area contributed by atoms with E-state index in [1.165, 1.54) is 0 Å². The van der Waals surface area contributed by atoms with Crippen LogP contribution in [-0.4, -0.2) is 82.6 Å². The van der Waals surface area contributed by atoms with Crippen molar-refractivity contribution in [3.63, 3.8) is 0 Å².